The topological polar surface area (TPSA) is 55.5 Å². The number of halogens is 1. The van der Waals surface area contributed by atoms with E-state index in [1.165, 1.54) is 13.2 Å². The molecule has 0 fully saturated rings. The third-order valence-corrected chi connectivity index (χ3v) is 2.36. The third kappa shape index (κ3) is 2.46. The van der Waals surface area contributed by atoms with Gasteiger partial charge in [-0.05, 0) is 18.1 Å². The summed E-state index contributed by atoms with van der Waals surface area (Å²) in [5.74, 6) is 0.0185. The first kappa shape index (κ1) is 11.9. The van der Waals surface area contributed by atoms with E-state index in [4.69, 9.17) is 10.5 Å². The number of aliphatic hydroxyl groups excluding tert-OH is 1. The molecule has 1 unspecified atom stereocenters. The minimum absolute atomic E-state index is 0.0884. The number of nitrogens with two attached hydrogens (primary N) is 1. The van der Waals surface area contributed by atoms with Crippen LogP contribution in [0.2, 0.25) is 0 Å². The van der Waals surface area contributed by atoms with Crippen LogP contribution in [0.25, 0.3) is 0 Å². The van der Waals surface area contributed by atoms with Crippen LogP contribution in [-0.2, 0) is 6.42 Å². The number of ether oxygens (including phenoxy) is 1. The van der Waals surface area contributed by atoms with Crippen LogP contribution in [0.4, 0.5) is 4.39 Å². The minimum Gasteiger partial charge on any atom is -0.496 e. The molecule has 15 heavy (non-hydrogen) atoms. The van der Waals surface area contributed by atoms with Crippen molar-refractivity contribution < 1.29 is 14.2 Å². The first-order valence-electron chi connectivity index (χ1n) is 4.88. The molecular formula is C11H16FNO2. The minimum atomic E-state index is -0.814. The number of benzene rings is 1. The highest BCUT2D eigenvalue weighted by atomic mass is 19.1. The lowest BCUT2D eigenvalue weighted by Gasteiger charge is -2.15. The average molecular weight is 213 g/mol. The van der Waals surface area contributed by atoms with Crippen LogP contribution in [0, 0.1) is 5.82 Å². The van der Waals surface area contributed by atoms with Gasteiger partial charge >= 0.3 is 0 Å². The van der Waals surface area contributed by atoms with Crippen molar-refractivity contribution in [2.75, 3.05) is 13.7 Å². The SMILES string of the molecule is CCc1cc(C(O)CN)c(OC)cc1F. The molecule has 0 aliphatic rings. The van der Waals surface area contributed by atoms with Crippen LogP contribution in [0.1, 0.15) is 24.2 Å². The Morgan fingerprint density at radius 1 is 1.53 bits per heavy atom. The smallest absolute Gasteiger partial charge is 0.130 e. The predicted octanol–water partition coefficient (Wildman–Crippen LogP) is 1.39. The van der Waals surface area contributed by atoms with Gasteiger partial charge in [-0.2, -0.15) is 0 Å². The van der Waals surface area contributed by atoms with Crippen LogP contribution in [0.15, 0.2) is 12.1 Å². The lowest BCUT2D eigenvalue weighted by molar-refractivity contribution is 0.182. The zero-order chi connectivity index (χ0) is 11.4. The molecule has 4 heteroatoms. The molecular weight excluding hydrogens is 197 g/mol. The van der Waals surface area contributed by atoms with Crippen molar-refractivity contribution in [3.8, 4) is 5.75 Å². The summed E-state index contributed by atoms with van der Waals surface area (Å²) < 4.78 is 18.4. The summed E-state index contributed by atoms with van der Waals surface area (Å²) in [5, 5.41) is 9.62. The van der Waals surface area contributed by atoms with Gasteiger partial charge in [-0.25, -0.2) is 4.39 Å². The highest BCUT2D eigenvalue weighted by molar-refractivity contribution is 5.40. The Hall–Kier alpha value is -1.13. The first-order chi connectivity index (χ1) is 7.13. The van der Waals surface area contributed by atoms with Crippen molar-refractivity contribution in [1.29, 1.82) is 0 Å². The third-order valence-electron chi connectivity index (χ3n) is 2.36. The molecule has 3 N–H and O–H groups in total. The number of aryl methyl sites for hydroxylation is 1. The summed E-state index contributed by atoms with van der Waals surface area (Å²) in [6.07, 6.45) is -0.244. The van der Waals surface area contributed by atoms with Crippen molar-refractivity contribution in [1.82, 2.24) is 0 Å². The van der Waals surface area contributed by atoms with Gasteiger partial charge in [0.2, 0.25) is 0 Å². The fraction of sp³-hybridized carbons (Fsp3) is 0.455. The second-order valence-electron chi connectivity index (χ2n) is 3.29. The van der Waals surface area contributed by atoms with Crippen LogP contribution in [-0.4, -0.2) is 18.8 Å². The normalized spacial score (nSPS) is 12.6. The Labute approximate surface area is 88.7 Å². The maximum Gasteiger partial charge on any atom is 0.130 e. The maximum atomic E-state index is 13.4. The molecule has 0 radical (unpaired) electrons. The Bertz CT molecular complexity index is 342. The van der Waals surface area contributed by atoms with Gasteiger partial charge in [-0.3, -0.25) is 0 Å². The molecule has 3 nitrogen and oxygen atoms in total. The molecule has 0 amide bonds. The van der Waals surface area contributed by atoms with E-state index in [2.05, 4.69) is 0 Å². The molecule has 0 bridgehead atoms. The largest absolute Gasteiger partial charge is 0.496 e. The molecule has 0 saturated carbocycles. The predicted molar refractivity (Wildman–Crippen MR) is 56.3 cm³/mol. The van der Waals surface area contributed by atoms with Crippen LogP contribution in [0.3, 0.4) is 0 Å². The monoisotopic (exact) mass is 213 g/mol. The van der Waals surface area contributed by atoms with E-state index >= 15 is 0 Å². The Kier molecular flexibility index (Phi) is 4.05. The molecule has 0 saturated heterocycles. The fourth-order valence-corrected chi connectivity index (χ4v) is 1.45. The van der Waals surface area contributed by atoms with Gasteiger partial charge in [0.15, 0.2) is 0 Å². The fourth-order valence-electron chi connectivity index (χ4n) is 1.45. The molecule has 1 atom stereocenters. The summed E-state index contributed by atoms with van der Waals surface area (Å²) in [6.45, 7) is 1.94. The summed E-state index contributed by atoms with van der Waals surface area (Å²) >= 11 is 0. The molecule has 0 heterocycles. The second-order valence-corrected chi connectivity index (χ2v) is 3.29. The molecule has 84 valence electrons. The molecule has 0 aromatic heterocycles. The van der Waals surface area contributed by atoms with Gasteiger partial charge in [0, 0.05) is 18.2 Å². The van der Waals surface area contributed by atoms with Gasteiger partial charge < -0.3 is 15.6 Å². The Morgan fingerprint density at radius 2 is 2.20 bits per heavy atom. The van der Waals surface area contributed by atoms with Gasteiger partial charge in [0.25, 0.3) is 0 Å². The Balaban J connectivity index is 3.22. The summed E-state index contributed by atoms with van der Waals surface area (Å²) in [5.41, 5.74) is 6.45. The molecule has 1 aromatic carbocycles. The quantitative estimate of drug-likeness (QED) is 0.794. The van der Waals surface area contributed by atoms with E-state index in [0.29, 0.717) is 23.3 Å². The zero-order valence-electron chi connectivity index (χ0n) is 8.96. The van der Waals surface area contributed by atoms with Crippen molar-refractivity contribution in [2.24, 2.45) is 5.73 Å². The number of hydrogen-bond acceptors (Lipinski definition) is 3. The zero-order valence-corrected chi connectivity index (χ0v) is 8.96. The van der Waals surface area contributed by atoms with Crippen LogP contribution < -0.4 is 10.5 Å². The van der Waals surface area contributed by atoms with E-state index in [9.17, 15) is 9.50 Å². The molecule has 1 rings (SSSR count). The van der Waals surface area contributed by atoms with Gasteiger partial charge in [-0.15, -0.1) is 0 Å². The van der Waals surface area contributed by atoms with E-state index in [1.54, 1.807) is 6.07 Å². The molecule has 0 spiro atoms. The van der Waals surface area contributed by atoms with Gasteiger partial charge in [0.05, 0.1) is 13.2 Å². The van der Waals surface area contributed by atoms with Crippen molar-refractivity contribution >= 4 is 0 Å². The summed E-state index contributed by atoms with van der Waals surface area (Å²) in [6, 6.07) is 2.89. The van der Waals surface area contributed by atoms with E-state index < -0.39 is 6.10 Å². The van der Waals surface area contributed by atoms with Crippen molar-refractivity contribution in [3.63, 3.8) is 0 Å². The summed E-state index contributed by atoms with van der Waals surface area (Å²) in [7, 11) is 1.44. The van der Waals surface area contributed by atoms with Gasteiger partial charge in [-0.1, -0.05) is 6.92 Å². The maximum absolute atomic E-state index is 13.4. The standard InChI is InChI=1S/C11H16FNO2/c1-3-7-4-8(10(14)6-13)11(15-2)5-9(7)12/h4-5,10,14H,3,6,13H2,1-2H3. The number of hydrogen-bond donors (Lipinski definition) is 2. The lowest BCUT2D eigenvalue weighted by atomic mass is 10.0. The molecule has 0 aliphatic carbocycles. The first-order valence-corrected chi connectivity index (χ1v) is 4.88. The highest BCUT2D eigenvalue weighted by Gasteiger charge is 2.15. The number of aliphatic hydroxyl groups is 1. The van der Waals surface area contributed by atoms with Crippen molar-refractivity contribution in [3.05, 3.63) is 29.1 Å². The van der Waals surface area contributed by atoms with Crippen LogP contribution >= 0.6 is 0 Å². The van der Waals surface area contributed by atoms with Crippen molar-refractivity contribution in [2.45, 2.75) is 19.4 Å². The second kappa shape index (κ2) is 5.09. The van der Waals surface area contributed by atoms with Gasteiger partial charge in [0.1, 0.15) is 11.6 Å². The van der Waals surface area contributed by atoms with E-state index in [0.717, 1.165) is 0 Å². The molecule has 0 aliphatic heterocycles. The van der Waals surface area contributed by atoms with Crippen LogP contribution in [0.5, 0.6) is 5.75 Å². The lowest BCUT2D eigenvalue weighted by Crippen LogP contribution is -2.13. The van der Waals surface area contributed by atoms with E-state index in [1.807, 2.05) is 6.92 Å². The number of methoxy groups -OCH3 is 1. The average Bonchev–Trinajstić information content (AvgIpc) is 2.27. The summed E-state index contributed by atoms with van der Waals surface area (Å²) in [4.78, 5) is 0. The Morgan fingerprint density at radius 3 is 2.67 bits per heavy atom. The highest BCUT2D eigenvalue weighted by Crippen LogP contribution is 2.28. The molecule has 1 aromatic rings. The van der Waals surface area contributed by atoms with E-state index in [-0.39, 0.29) is 12.4 Å². The number of rotatable bonds is 4.